The van der Waals surface area contributed by atoms with Crippen molar-refractivity contribution in [2.75, 3.05) is 31.6 Å². The van der Waals surface area contributed by atoms with Gasteiger partial charge in [-0.1, -0.05) is 0 Å². The standard InChI is InChI=1S/C10H20N2O2S/c1-15(14)6-2-5-11-8-10(13)12-7-9-3-4-9/h9,11H,2-8H2,1H3,(H,12,13). The minimum Gasteiger partial charge on any atom is -0.355 e. The second-order valence-corrected chi connectivity index (χ2v) is 5.61. The zero-order chi connectivity index (χ0) is 11.1. The molecular weight excluding hydrogens is 212 g/mol. The fraction of sp³-hybridized carbons (Fsp3) is 0.900. The molecule has 88 valence electrons. The molecule has 2 N–H and O–H groups in total. The molecule has 1 rings (SSSR count). The monoisotopic (exact) mass is 232 g/mol. The summed E-state index contributed by atoms with van der Waals surface area (Å²) in [5.41, 5.74) is 0. The van der Waals surface area contributed by atoms with E-state index < -0.39 is 10.8 Å². The fourth-order valence-electron chi connectivity index (χ4n) is 1.24. The highest BCUT2D eigenvalue weighted by Crippen LogP contribution is 2.27. The van der Waals surface area contributed by atoms with Gasteiger partial charge in [-0.15, -0.1) is 0 Å². The van der Waals surface area contributed by atoms with Crippen LogP contribution < -0.4 is 10.6 Å². The van der Waals surface area contributed by atoms with Crippen LogP contribution in [0.2, 0.25) is 0 Å². The quantitative estimate of drug-likeness (QED) is 0.573. The summed E-state index contributed by atoms with van der Waals surface area (Å²) in [6, 6.07) is 0. The molecule has 1 atom stereocenters. The summed E-state index contributed by atoms with van der Waals surface area (Å²) in [6.07, 6.45) is 5.08. The summed E-state index contributed by atoms with van der Waals surface area (Å²) in [6.45, 7) is 1.97. The largest absolute Gasteiger partial charge is 0.355 e. The maximum Gasteiger partial charge on any atom is 0.233 e. The molecule has 5 heteroatoms. The third-order valence-corrected chi connectivity index (χ3v) is 3.22. The van der Waals surface area contributed by atoms with Crippen molar-refractivity contribution < 1.29 is 9.00 Å². The van der Waals surface area contributed by atoms with Crippen molar-refractivity contribution in [1.82, 2.24) is 10.6 Å². The van der Waals surface area contributed by atoms with E-state index in [-0.39, 0.29) is 5.91 Å². The van der Waals surface area contributed by atoms with Crippen molar-refractivity contribution in [1.29, 1.82) is 0 Å². The average Bonchev–Trinajstić information content (AvgIpc) is 2.97. The van der Waals surface area contributed by atoms with Crippen LogP contribution in [-0.4, -0.2) is 41.8 Å². The zero-order valence-electron chi connectivity index (χ0n) is 9.25. The van der Waals surface area contributed by atoms with Gasteiger partial charge in [-0.05, 0) is 31.7 Å². The second kappa shape index (κ2) is 6.95. The van der Waals surface area contributed by atoms with Crippen molar-refractivity contribution >= 4 is 16.7 Å². The topological polar surface area (TPSA) is 58.2 Å². The Bertz CT molecular complexity index is 229. The van der Waals surface area contributed by atoms with Crippen LogP contribution in [0.3, 0.4) is 0 Å². The minimum atomic E-state index is -0.722. The molecule has 0 bridgehead atoms. The molecule has 0 radical (unpaired) electrons. The summed E-state index contributed by atoms with van der Waals surface area (Å²) in [4.78, 5) is 11.2. The van der Waals surface area contributed by atoms with Gasteiger partial charge in [0.1, 0.15) is 0 Å². The summed E-state index contributed by atoms with van der Waals surface area (Å²) >= 11 is 0. The molecule has 15 heavy (non-hydrogen) atoms. The molecule has 1 aliphatic rings. The molecular formula is C10H20N2O2S. The predicted molar refractivity (Wildman–Crippen MR) is 62.2 cm³/mol. The Morgan fingerprint density at radius 1 is 1.47 bits per heavy atom. The van der Waals surface area contributed by atoms with Crippen LogP contribution in [0.25, 0.3) is 0 Å². The number of carbonyl (C=O) groups is 1. The lowest BCUT2D eigenvalue weighted by Crippen LogP contribution is -2.35. The van der Waals surface area contributed by atoms with Crippen molar-refractivity contribution in [2.24, 2.45) is 5.92 Å². The number of hydrogen-bond acceptors (Lipinski definition) is 3. The molecule has 0 heterocycles. The third-order valence-electron chi connectivity index (χ3n) is 2.36. The number of amides is 1. The van der Waals surface area contributed by atoms with Crippen molar-refractivity contribution in [2.45, 2.75) is 19.3 Å². The molecule has 0 spiro atoms. The predicted octanol–water partition coefficient (Wildman–Crippen LogP) is -0.129. The van der Waals surface area contributed by atoms with Crippen molar-refractivity contribution in [3.8, 4) is 0 Å². The first-order chi connectivity index (χ1) is 7.18. The molecule has 4 nitrogen and oxygen atoms in total. The van der Waals surface area contributed by atoms with Gasteiger partial charge in [-0.2, -0.15) is 0 Å². The Balaban J connectivity index is 1.85. The van der Waals surface area contributed by atoms with Crippen LogP contribution in [0, 0.1) is 5.92 Å². The molecule has 0 aromatic heterocycles. The number of carbonyl (C=O) groups excluding carboxylic acids is 1. The Morgan fingerprint density at radius 3 is 2.80 bits per heavy atom. The first-order valence-electron chi connectivity index (χ1n) is 5.46. The van der Waals surface area contributed by atoms with E-state index in [4.69, 9.17) is 0 Å². The van der Waals surface area contributed by atoms with E-state index >= 15 is 0 Å². The summed E-state index contributed by atoms with van der Waals surface area (Å²) in [5, 5.41) is 5.92. The van der Waals surface area contributed by atoms with Crippen molar-refractivity contribution in [3.63, 3.8) is 0 Å². The molecule has 1 fully saturated rings. The van der Waals surface area contributed by atoms with E-state index in [2.05, 4.69) is 10.6 Å². The number of hydrogen-bond donors (Lipinski definition) is 2. The van der Waals surface area contributed by atoms with Crippen LogP contribution in [0.1, 0.15) is 19.3 Å². The van der Waals surface area contributed by atoms with Gasteiger partial charge in [-0.25, -0.2) is 0 Å². The molecule has 1 aliphatic carbocycles. The maximum atomic E-state index is 11.2. The molecule has 0 saturated heterocycles. The van der Waals surface area contributed by atoms with Gasteiger partial charge in [-0.3, -0.25) is 9.00 Å². The fourth-order valence-corrected chi connectivity index (χ4v) is 1.80. The molecule has 1 unspecified atom stereocenters. The third kappa shape index (κ3) is 7.50. The minimum absolute atomic E-state index is 0.0690. The lowest BCUT2D eigenvalue weighted by Gasteiger charge is -2.05. The number of nitrogens with one attached hydrogen (secondary N) is 2. The Morgan fingerprint density at radius 2 is 2.20 bits per heavy atom. The molecule has 0 aromatic rings. The highest BCUT2D eigenvalue weighted by Gasteiger charge is 2.21. The maximum absolute atomic E-state index is 11.2. The van der Waals surface area contributed by atoms with E-state index in [1.807, 2.05) is 0 Å². The Hall–Kier alpha value is -0.420. The van der Waals surface area contributed by atoms with E-state index in [0.29, 0.717) is 12.3 Å². The first kappa shape index (κ1) is 12.6. The van der Waals surface area contributed by atoms with Gasteiger partial charge < -0.3 is 10.6 Å². The van der Waals surface area contributed by atoms with Gasteiger partial charge in [0.15, 0.2) is 0 Å². The Labute approximate surface area is 93.7 Å². The Kier molecular flexibility index (Phi) is 5.86. The van der Waals surface area contributed by atoms with Crippen LogP contribution in [-0.2, 0) is 15.6 Å². The van der Waals surface area contributed by atoms with Gasteiger partial charge >= 0.3 is 0 Å². The first-order valence-corrected chi connectivity index (χ1v) is 7.18. The van der Waals surface area contributed by atoms with Gasteiger partial charge in [0.25, 0.3) is 0 Å². The van der Waals surface area contributed by atoms with Crippen LogP contribution >= 0.6 is 0 Å². The van der Waals surface area contributed by atoms with E-state index in [1.54, 1.807) is 6.26 Å². The summed E-state index contributed by atoms with van der Waals surface area (Å²) < 4.78 is 10.7. The smallest absolute Gasteiger partial charge is 0.233 e. The van der Waals surface area contributed by atoms with Gasteiger partial charge in [0.2, 0.25) is 5.91 Å². The summed E-state index contributed by atoms with van der Waals surface area (Å²) in [5.74, 6) is 1.51. The normalized spacial score (nSPS) is 17.4. The number of rotatable bonds is 8. The van der Waals surface area contributed by atoms with Crippen LogP contribution in [0.5, 0.6) is 0 Å². The molecule has 0 aromatic carbocycles. The SMILES string of the molecule is CS(=O)CCCNCC(=O)NCC1CC1. The molecule has 0 aliphatic heterocycles. The van der Waals surface area contributed by atoms with Crippen LogP contribution in [0.15, 0.2) is 0 Å². The van der Waals surface area contributed by atoms with E-state index in [9.17, 15) is 9.00 Å². The highest BCUT2D eigenvalue weighted by molar-refractivity contribution is 7.84. The summed E-state index contributed by atoms with van der Waals surface area (Å²) in [7, 11) is -0.722. The van der Waals surface area contributed by atoms with Crippen LogP contribution in [0.4, 0.5) is 0 Å². The van der Waals surface area contributed by atoms with E-state index in [1.165, 1.54) is 12.8 Å². The molecule has 1 saturated carbocycles. The lowest BCUT2D eigenvalue weighted by molar-refractivity contribution is -0.120. The van der Waals surface area contributed by atoms with Gasteiger partial charge in [0.05, 0.1) is 6.54 Å². The molecule has 1 amide bonds. The highest BCUT2D eigenvalue weighted by atomic mass is 32.2. The van der Waals surface area contributed by atoms with Crippen molar-refractivity contribution in [3.05, 3.63) is 0 Å². The zero-order valence-corrected chi connectivity index (χ0v) is 10.1. The van der Waals surface area contributed by atoms with E-state index in [0.717, 1.165) is 25.4 Å². The lowest BCUT2D eigenvalue weighted by atomic mass is 10.4. The average molecular weight is 232 g/mol. The second-order valence-electron chi connectivity index (χ2n) is 4.06. The van der Waals surface area contributed by atoms with Gasteiger partial charge in [0, 0.05) is 29.4 Å².